The summed E-state index contributed by atoms with van der Waals surface area (Å²) in [7, 11) is 0. The van der Waals surface area contributed by atoms with Gasteiger partial charge in [0, 0.05) is 10.4 Å². The SMILES string of the molecule is CCOC(=O)CNC(=O)c1cc2cc(N)ccc2s1. The van der Waals surface area contributed by atoms with Crippen molar-refractivity contribution in [3.8, 4) is 0 Å². The van der Waals surface area contributed by atoms with Gasteiger partial charge in [-0.1, -0.05) is 0 Å². The summed E-state index contributed by atoms with van der Waals surface area (Å²) in [5.41, 5.74) is 6.34. The number of carbonyl (C=O) groups excluding carboxylic acids is 2. The number of hydrogen-bond donors (Lipinski definition) is 2. The Balaban J connectivity index is 2.07. The minimum atomic E-state index is -0.443. The summed E-state index contributed by atoms with van der Waals surface area (Å²) in [5.74, 6) is -0.728. The van der Waals surface area contributed by atoms with Crippen LogP contribution in [0, 0.1) is 0 Å². The summed E-state index contributed by atoms with van der Waals surface area (Å²) in [5, 5.41) is 3.45. The van der Waals surface area contributed by atoms with E-state index in [1.165, 1.54) is 11.3 Å². The lowest BCUT2D eigenvalue weighted by atomic mass is 10.2. The third-order valence-electron chi connectivity index (χ3n) is 2.46. The first-order chi connectivity index (χ1) is 9.10. The number of ether oxygens (including phenoxy) is 1. The molecule has 2 aromatic rings. The number of nitrogens with two attached hydrogens (primary N) is 1. The first kappa shape index (κ1) is 13.4. The van der Waals surface area contributed by atoms with E-state index in [9.17, 15) is 9.59 Å². The van der Waals surface area contributed by atoms with E-state index in [0.29, 0.717) is 17.2 Å². The van der Waals surface area contributed by atoms with E-state index in [0.717, 1.165) is 10.1 Å². The van der Waals surface area contributed by atoms with Gasteiger partial charge in [-0.3, -0.25) is 9.59 Å². The Hall–Kier alpha value is -2.08. The van der Waals surface area contributed by atoms with Crippen LogP contribution in [0.25, 0.3) is 10.1 Å². The normalized spacial score (nSPS) is 10.4. The van der Waals surface area contributed by atoms with Gasteiger partial charge in [-0.2, -0.15) is 0 Å². The summed E-state index contributed by atoms with van der Waals surface area (Å²) >= 11 is 1.36. The number of fused-ring (bicyclic) bond motifs is 1. The highest BCUT2D eigenvalue weighted by Crippen LogP contribution is 2.27. The first-order valence-electron chi connectivity index (χ1n) is 5.83. The highest BCUT2D eigenvalue weighted by Gasteiger charge is 2.12. The van der Waals surface area contributed by atoms with Crippen molar-refractivity contribution >= 4 is 39.0 Å². The number of esters is 1. The maximum absolute atomic E-state index is 11.9. The summed E-state index contributed by atoms with van der Waals surface area (Å²) in [6, 6.07) is 7.24. The van der Waals surface area contributed by atoms with E-state index in [1.54, 1.807) is 19.1 Å². The zero-order valence-corrected chi connectivity index (χ0v) is 11.3. The van der Waals surface area contributed by atoms with Gasteiger partial charge in [0.25, 0.3) is 5.91 Å². The fraction of sp³-hybridized carbons (Fsp3) is 0.231. The lowest BCUT2D eigenvalue weighted by molar-refractivity contribution is -0.141. The molecule has 0 bridgehead atoms. The molecule has 1 aromatic heterocycles. The van der Waals surface area contributed by atoms with Crippen LogP contribution in [0.4, 0.5) is 5.69 Å². The Morgan fingerprint density at radius 3 is 2.89 bits per heavy atom. The molecule has 2 rings (SSSR count). The quantitative estimate of drug-likeness (QED) is 0.659. The molecular formula is C13H14N2O3S. The van der Waals surface area contributed by atoms with Gasteiger partial charge < -0.3 is 15.8 Å². The van der Waals surface area contributed by atoms with Crippen molar-refractivity contribution in [2.75, 3.05) is 18.9 Å². The van der Waals surface area contributed by atoms with Crippen LogP contribution in [0.2, 0.25) is 0 Å². The molecule has 0 aliphatic carbocycles. The van der Waals surface area contributed by atoms with Crippen LogP contribution in [0.5, 0.6) is 0 Å². The Bertz CT molecular complexity index is 621. The molecule has 19 heavy (non-hydrogen) atoms. The summed E-state index contributed by atoms with van der Waals surface area (Å²) in [6.07, 6.45) is 0. The molecule has 3 N–H and O–H groups in total. The molecule has 0 unspecified atom stereocenters. The molecule has 1 amide bonds. The number of anilines is 1. The van der Waals surface area contributed by atoms with E-state index < -0.39 is 5.97 Å². The molecule has 1 aromatic carbocycles. The monoisotopic (exact) mass is 278 g/mol. The van der Waals surface area contributed by atoms with Crippen LogP contribution >= 0.6 is 11.3 Å². The third-order valence-corrected chi connectivity index (χ3v) is 3.58. The lowest BCUT2D eigenvalue weighted by Crippen LogP contribution is -2.30. The number of nitrogens with one attached hydrogen (secondary N) is 1. The molecule has 0 atom stereocenters. The van der Waals surface area contributed by atoms with Gasteiger partial charge >= 0.3 is 5.97 Å². The fourth-order valence-electron chi connectivity index (χ4n) is 1.63. The smallest absolute Gasteiger partial charge is 0.325 e. The number of nitrogen functional groups attached to an aromatic ring is 1. The van der Waals surface area contributed by atoms with E-state index in [4.69, 9.17) is 10.5 Å². The van der Waals surface area contributed by atoms with E-state index in [1.807, 2.05) is 12.1 Å². The van der Waals surface area contributed by atoms with Crippen LogP contribution in [-0.4, -0.2) is 25.0 Å². The Morgan fingerprint density at radius 1 is 1.37 bits per heavy atom. The lowest BCUT2D eigenvalue weighted by Gasteiger charge is -2.02. The number of carbonyl (C=O) groups is 2. The van der Waals surface area contributed by atoms with Gasteiger partial charge in [0.15, 0.2) is 0 Å². The van der Waals surface area contributed by atoms with Crippen LogP contribution in [0.15, 0.2) is 24.3 Å². The van der Waals surface area contributed by atoms with Crippen LogP contribution in [-0.2, 0) is 9.53 Å². The second kappa shape index (κ2) is 5.71. The van der Waals surface area contributed by atoms with E-state index >= 15 is 0 Å². The average Bonchev–Trinajstić information content (AvgIpc) is 2.79. The predicted molar refractivity (Wildman–Crippen MR) is 75.2 cm³/mol. The van der Waals surface area contributed by atoms with Crippen LogP contribution in [0.3, 0.4) is 0 Å². The zero-order chi connectivity index (χ0) is 13.8. The molecule has 0 aliphatic heterocycles. The standard InChI is InChI=1S/C13H14N2O3S/c1-2-18-12(16)7-15-13(17)11-6-8-5-9(14)3-4-10(8)19-11/h3-6H,2,7,14H2,1H3,(H,15,17). The van der Waals surface area contributed by atoms with Crippen molar-refractivity contribution in [1.29, 1.82) is 0 Å². The van der Waals surface area contributed by atoms with E-state index in [-0.39, 0.29) is 12.5 Å². The van der Waals surface area contributed by atoms with Crippen molar-refractivity contribution in [2.24, 2.45) is 0 Å². The maximum atomic E-state index is 11.9. The highest BCUT2D eigenvalue weighted by atomic mass is 32.1. The number of amides is 1. The minimum Gasteiger partial charge on any atom is -0.465 e. The topological polar surface area (TPSA) is 81.4 Å². The molecule has 0 saturated heterocycles. The van der Waals surface area contributed by atoms with Gasteiger partial charge in [0.2, 0.25) is 0 Å². The molecule has 100 valence electrons. The summed E-state index contributed by atoms with van der Waals surface area (Å²) < 4.78 is 5.72. The van der Waals surface area contributed by atoms with Gasteiger partial charge in [0.05, 0.1) is 11.5 Å². The van der Waals surface area contributed by atoms with Crippen molar-refractivity contribution in [1.82, 2.24) is 5.32 Å². The van der Waals surface area contributed by atoms with Crippen molar-refractivity contribution in [3.63, 3.8) is 0 Å². The Kier molecular flexibility index (Phi) is 4.01. The minimum absolute atomic E-state index is 0.122. The molecule has 1 heterocycles. The van der Waals surface area contributed by atoms with Gasteiger partial charge in [-0.05, 0) is 36.6 Å². The highest BCUT2D eigenvalue weighted by molar-refractivity contribution is 7.20. The Morgan fingerprint density at radius 2 is 2.16 bits per heavy atom. The number of rotatable bonds is 4. The zero-order valence-electron chi connectivity index (χ0n) is 10.4. The predicted octanol–water partition coefficient (Wildman–Crippen LogP) is 1.78. The molecule has 0 fully saturated rings. The second-order valence-electron chi connectivity index (χ2n) is 3.90. The Labute approximate surface area is 114 Å². The third kappa shape index (κ3) is 3.23. The maximum Gasteiger partial charge on any atom is 0.325 e. The molecule has 0 aliphatic rings. The largest absolute Gasteiger partial charge is 0.465 e. The summed E-state index contributed by atoms with van der Waals surface area (Å²) in [6.45, 7) is 1.90. The van der Waals surface area contributed by atoms with Gasteiger partial charge in [-0.15, -0.1) is 11.3 Å². The van der Waals surface area contributed by atoms with Crippen molar-refractivity contribution in [3.05, 3.63) is 29.1 Å². The second-order valence-corrected chi connectivity index (χ2v) is 4.98. The number of hydrogen-bond acceptors (Lipinski definition) is 5. The summed E-state index contributed by atoms with van der Waals surface area (Å²) in [4.78, 5) is 23.6. The average molecular weight is 278 g/mol. The fourth-order valence-corrected chi connectivity index (χ4v) is 2.58. The van der Waals surface area contributed by atoms with Crippen molar-refractivity contribution in [2.45, 2.75) is 6.92 Å². The van der Waals surface area contributed by atoms with Gasteiger partial charge in [0.1, 0.15) is 6.54 Å². The molecule has 0 radical (unpaired) electrons. The molecule has 0 spiro atoms. The molecule has 6 heteroatoms. The number of thiophene rings is 1. The van der Waals surface area contributed by atoms with Gasteiger partial charge in [-0.25, -0.2) is 0 Å². The van der Waals surface area contributed by atoms with E-state index in [2.05, 4.69) is 5.32 Å². The van der Waals surface area contributed by atoms with Crippen LogP contribution < -0.4 is 11.1 Å². The molecule has 5 nitrogen and oxygen atoms in total. The first-order valence-corrected chi connectivity index (χ1v) is 6.64. The molecular weight excluding hydrogens is 264 g/mol. The van der Waals surface area contributed by atoms with Crippen molar-refractivity contribution < 1.29 is 14.3 Å². The number of benzene rings is 1. The molecule has 0 saturated carbocycles. The van der Waals surface area contributed by atoms with Crippen LogP contribution in [0.1, 0.15) is 16.6 Å².